The van der Waals surface area contributed by atoms with Gasteiger partial charge in [0.25, 0.3) is 0 Å². The van der Waals surface area contributed by atoms with E-state index in [2.05, 4.69) is 38.0 Å². The lowest BCUT2D eigenvalue weighted by molar-refractivity contribution is 0.0632. The van der Waals surface area contributed by atoms with Gasteiger partial charge in [0.1, 0.15) is 5.82 Å². The van der Waals surface area contributed by atoms with Crippen LogP contribution in [0.3, 0.4) is 0 Å². The van der Waals surface area contributed by atoms with E-state index in [9.17, 15) is 4.39 Å². The van der Waals surface area contributed by atoms with E-state index in [0.717, 1.165) is 38.2 Å². The Hall–Kier alpha value is -0.970. The quantitative estimate of drug-likeness (QED) is 0.717. The van der Waals surface area contributed by atoms with Gasteiger partial charge in [-0.05, 0) is 58.1 Å². The summed E-state index contributed by atoms with van der Waals surface area (Å²) in [6.45, 7) is 9.78. The number of rotatable bonds is 10. The molecule has 0 aliphatic heterocycles. The van der Waals surface area contributed by atoms with Crippen molar-refractivity contribution in [2.75, 3.05) is 33.3 Å². The van der Waals surface area contributed by atoms with E-state index in [1.165, 1.54) is 12.1 Å². The number of nitrogens with zero attached hydrogens (tertiary/aromatic N) is 1. The standard InChI is InChI=1S/C17H29FN2O/c1-5-19-17(15-6-8-16(18)9-7-15)10-11-20(4)12-13-21-14(2)3/h6-9,14,17,19H,5,10-13H2,1-4H3. The van der Waals surface area contributed by atoms with Gasteiger partial charge >= 0.3 is 0 Å². The fourth-order valence-corrected chi connectivity index (χ4v) is 2.23. The van der Waals surface area contributed by atoms with Crippen molar-refractivity contribution in [3.8, 4) is 0 Å². The molecule has 0 fully saturated rings. The van der Waals surface area contributed by atoms with Crippen LogP contribution in [0, 0.1) is 5.82 Å². The van der Waals surface area contributed by atoms with E-state index in [1.54, 1.807) is 0 Å². The zero-order chi connectivity index (χ0) is 15.7. The smallest absolute Gasteiger partial charge is 0.123 e. The molecular weight excluding hydrogens is 267 g/mol. The largest absolute Gasteiger partial charge is 0.377 e. The summed E-state index contributed by atoms with van der Waals surface area (Å²) >= 11 is 0. The fraction of sp³-hybridized carbons (Fsp3) is 0.647. The van der Waals surface area contributed by atoms with E-state index in [4.69, 9.17) is 4.74 Å². The highest BCUT2D eigenvalue weighted by atomic mass is 19.1. The molecule has 0 saturated carbocycles. The van der Waals surface area contributed by atoms with Gasteiger partial charge in [-0.2, -0.15) is 0 Å². The van der Waals surface area contributed by atoms with Crippen LogP contribution in [-0.4, -0.2) is 44.3 Å². The number of nitrogens with one attached hydrogen (secondary N) is 1. The molecule has 0 aliphatic rings. The van der Waals surface area contributed by atoms with E-state index in [-0.39, 0.29) is 18.0 Å². The summed E-state index contributed by atoms with van der Waals surface area (Å²) in [5.74, 6) is -0.183. The Morgan fingerprint density at radius 3 is 2.43 bits per heavy atom. The molecule has 0 heterocycles. The third-order valence-corrected chi connectivity index (χ3v) is 3.45. The summed E-state index contributed by atoms with van der Waals surface area (Å²) < 4.78 is 18.6. The molecule has 0 aromatic heterocycles. The minimum atomic E-state index is -0.183. The molecule has 120 valence electrons. The molecule has 0 radical (unpaired) electrons. The maximum atomic E-state index is 13.0. The van der Waals surface area contributed by atoms with Crippen LogP contribution in [0.2, 0.25) is 0 Å². The Balaban J connectivity index is 2.42. The first-order valence-electron chi connectivity index (χ1n) is 7.82. The minimum Gasteiger partial charge on any atom is -0.377 e. The summed E-state index contributed by atoms with van der Waals surface area (Å²) in [4.78, 5) is 2.27. The number of benzene rings is 1. The molecule has 1 N–H and O–H groups in total. The van der Waals surface area contributed by atoms with Crippen LogP contribution < -0.4 is 5.32 Å². The second-order valence-corrected chi connectivity index (χ2v) is 5.67. The van der Waals surface area contributed by atoms with E-state index >= 15 is 0 Å². The van der Waals surface area contributed by atoms with Crippen molar-refractivity contribution < 1.29 is 9.13 Å². The molecule has 1 unspecified atom stereocenters. The van der Waals surface area contributed by atoms with Crippen molar-refractivity contribution in [1.82, 2.24) is 10.2 Å². The van der Waals surface area contributed by atoms with E-state index in [0.29, 0.717) is 0 Å². The summed E-state index contributed by atoms with van der Waals surface area (Å²) in [6.07, 6.45) is 1.28. The van der Waals surface area contributed by atoms with Crippen LogP contribution in [0.1, 0.15) is 38.8 Å². The first-order valence-corrected chi connectivity index (χ1v) is 7.82. The fourth-order valence-electron chi connectivity index (χ4n) is 2.23. The Morgan fingerprint density at radius 2 is 1.86 bits per heavy atom. The lowest BCUT2D eigenvalue weighted by Crippen LogP contribution is -2.29. The minimum absolute atomic E-state index is 0.183. The molecule has 0 saturated heterocycles. The number of halogens is 1. The summed E-state index contributed by atoms with van der Waals surface area (Å²) in [6, 6.07) is 7.05. The van der Waals surface area contributed by atoms with Crippen molar-refractivity contribution in [1.29, 1.82) is 0 Å². The Labute approximate surface area is 128 Å². The molecule has 1 rings (SSSR count). The first kappa shape index (κ1) is 18.1. The van der Waals surface area contributed by atoms with Crippen molar-refractivity contribution >= 4 is 0 Å². The van der Waals surface area contributed by atoms with Gasteiger partial charge in [-0.1, -0.05) is 19.1 Å². The molecule has 3 nitrogen and oxygen atoms in total. The number of hydrogen-bond donors (Lipinski definition) is 1. The molecule has 1 aromatic rings. The van der Waals surface area contributed by atoms with Crippen molar-refractivity contribution in [3.05, 3.63) is 35.6 Å². The second kappa shape index (κ2) is 9.87. The Kier molecular flexibility index (Phi) is 8.50. The molecule has 0 bridgehead atoms. The van der Waals surface area contributed by atoms with Crippen LogP contribution in [0.15, 0.2) is 24.3 Å². The van der Waals surface area contributed by atoms with Crippen LogP contribution in [0.25, 0.3) is 0 Å². The third kappa shape index (κ3) is 7.55. The highest BCUT2D eigenvalue weighted by Gasteiger charge is 2.11. The first-order chi connectivity index (χ1) is 10.0. The molecular formula is C17H29FN2O. The second-order valence-electron chi connectivity index (χ2n) is 5.67. The molecule has 1 aromatic carbocycles. The Morgan fingerprint density at radius 1 is 1.19 bits per heavy atom. The molecule has 21 heavy (non-hydrogen) atoms. The summed E-state index contributed by atoms with van der Waals surface area (Å²) in [5, 5.41) is 3.47. The zero-order valence-corrected chi connectivity index (χ0v) is 13.7. The van der Waals surface area contributed by atoms with Gasteiger partial charge in [0.15, 0.2) is 0 Å². The van der Waals surface area contributed by atoms with Crippen molar-refractivity contribution in [2.45, 2.75) is 39.3 Å². The predicted octanol–water partition coefficient (Wildman–Crippen LogP) is 3.22. The van der Waals surface area contributed by atoms with Gasteiger partial charge in [0.05, 0.1) is 12.7 Å². The maximum Gasteiger partial charge on any atom is 0.123 e. The highest BCUT2D eigenvalue weighted by Crippen LogP contribution is 2.17. The lowest BCUT2D eigenvalue weighted by atomic mass is 10.0. The van der Waals surface area contributed by atoms with Crippen LogP contribution in [0.4, 0.5) is 4.39 Å². The van der Waals surface area contributed by atoms with Crippen molar-refractivity contribution in [2.24, 2.45) is 0 Å². The Bertz CT molecular complexity index is 381. The van der Waals surface area contributed by atoms with Gasteiger partial charge in [-0.3, -0.25) is 0 Å². The van der Waals surface area contributed by atoms with Gasteiger partial charge in [0, 0.05) is 12.6 Å². The monoisotopic (exact) mass is 296 g/mol. The number of likely N-dealkylation sites (N-methyl/N-ethyl adjacent to an activating group) is 1. The zero-order valence-electron chi connectivity index (χ0n) is 13.7. The van der Waals surface area contributed by atoms with E-state index < -0.39 is 0 Å². The summed E-state index contributed by atoms with van der Waals surface area (Å²) in [7, 11) is 2.11. The number of ether oxygens (including phenoxy) is 1. The SMILES string of the molecule is CCNC(CCN(C)CCOC(C)C)c1ccc(F)cc1. The normalized spacial score (nSPS) is 13.1. The average molecular weight is 296 g/mol. The van der Waals surface area contributed by atoms with Crippen LogP contribution in [-0.2, 0) is 4.74 Å². The van der Waals surface area contributed by atoms with Crippen LogP contribution >= 0.6 is 0 Å². The van der Waals surface area contributed by atoms with Gasteiger partial charge in [0.2, 0.25) is 0 Å². The van der Waals surface area contributed by atoms with E-state index in [1.807, 2.05) is 12.1 Å². The van der Waals surface area contributed by atoms with Crippen LogP contribution in [0.5, 0.6) is 0 Å². The lowest BCUT2D eigenvalue weighted by Gasteiger charge is -2.23. The third-order valence-electron chi connectivity index (χ3n) is 3.45. The average Bonchev–Trinajstić information content (AvgIpc) is 2.44. The summed E-state index contributed by atoms with van der Waals surface area (Å²) in [5.41, 5.74) is 1.14. The maximum absolute atomic E-state index is 13.0. The predicted molar refractivity (Wildman–Crippen MR) is 86.0 cm³/mol. The topological polar surface area (TPSA) is 24.5 Å². The van der Waals surface area contributed by atoms with Gasteiger partial charge in [-0.25, -0.2) is 4.39 Å². The number of hydrogen-bond acceptors (Lipinski definition) is 3. The molecule has 0 spiro atoms. The van der Waals surface area contributed by atoms with Crippen molar-refractivity contribution in [3.63, 3.8) is 0 Å². The molecule has 1 atom stereocenters. The molecule has 4 heteroatoms. The highest BCUT2D eigenvalue weighted by molar-refractivity contribution is 5.19. The van der Waals surface area contributed by atoms with Gasteiger partial charge < -0.3 is 15.0 Å². The van der Waals surface area contributed by atoms with Gasteiger partial charge in [-0.15, -0.1) is 0 Å². The molecule has 0 aliphatic carbocycles. The molecule has 0 amide bonds.